The predicted molar refractivity (Wildman–Crippen MR) is 81.4 cm³/mol. The normalized spacial score (nSPS) is 12.5. The second-order valence-electron chi connectivity index (χ2n) is 5.08. The van der Waals surface area contributed by atoms with Gasteiger partial charge in [0.2, 0.25) is 0 Å². The molecule has 112 valence electrons. The zero-order valence-electron chi connectivity index (χ0n) is 12.1. The van der Waals surface area contributed by atoms with Crippen LogP contribution < -0.4 is 5.32 Å². The second kappa shape index (κ2) is 8.27. The number of carbonyl (C=O) groups excluding carboxylic acids is 1. The Hall–Kier alpha value is -1.07. The summed E-state index contributed by atoms with van der Waals surface area (Å²) in [5.41, 5.74) is 0.993. The molecule has 5 heteroatoms. The van der Waals surface area contributed by atoms with E-state index in [2.05, 4.69) is 5.32 Å². The highest BCUT2D eigenvalue weighted by atomic mass is 32.2. The van der Waals surface area contributed by atoms with Gasteiger partial charge in [-0.2, -0.15) is 11.8 Å². The predicted octanol–water partition coefficient (Wildman–Crippen LogP) is 2.83. The van der Waals surface area contributed by atoms with Gasteiger partial charge >= 0.3 is 0 Å². The highest BCUT2D eigenvalue weighted by Crippen LogP contribution is 2.16. The van der Waals surface area contributed by atoms with Crippen molar-refractivity contribution in [2.45, 2.75) is 32.1 Å². The third-order valence-electron chi connectivity index (χ3n) is 3.17. The lowest BCUT2D eigenvalue weighted by atomic mass is 10.0. The van der Waals surface area contributed by atoms with Crippen molar-refractivity contribution in [2.24, 2.45) is 5.92 Å². The first-order valence-electron chi connectivity index (χ1n) is 6.68. The van der Waals surface area contributed by atoms with Gasteiger partial charge in [-0.15, -0.1) is 0 Å². The summed E-state index contributed by atoms with van der Waals surface area (Å²) in [5.74, 6) is 0.264. The van der Waals surface area contributed by atoms with Crippen molar-refractivity contribution in [3.63, 3.8) is 0 Å². The quantitative estimate of drug-likeness (QED) is 0.814. The van der Waals surface area contributed by atoms with Gasteiger partial charge in [-0.3, -0.25) is 4.79 Å². The van der Waals surface area contributed by atoms with Gasteiger partial charge in [-0.1, -0.05) is 13.8 Å². The molecular formula is C15H22FNO2S. The number of aliphatic hydroxyl groups excluding tert-OH is 1. The summed E-state index contributed by atoms with van der Waals surface area (Å²) >= 11 is 1.51. The molecule has 0 spiro atoms. The number of benzene rings is 1. The van der Waals surface area contributed by atoms with Crippen LogP contribution >= 0.6 is 11.8 Å². The topological polar surface area (TPSA) is 49.3 Å². The average Bonchev–Trinajstić information content (AvgIpc) is 2.40. The van der Waals surface area contributed by atoms with E-state index < -0.39 is 0 Å². The largest absolute Gasteiger partial charge is 0.396 e. The van der Waals surface area contributed by atoms with Gasteiger partial charge in [0.25, 0.3) is 5.91 Å². The molecule has 1 aromatic carbocycles. The van der Waals surface area contributed by atoms with Crippen molar-refractivity contribution in [3.8, 4) is 0 Å². The van der Waals surface area contributed by atoms with Crippen molar-refractivity contribution in [1.82, 2.24) is 5.32 Å². The number of hydrogen-bond acceptors (Lipinski definition) is 3. The number of thioether (sulfide) groups is 1. The third-order valence-corrected chi connectivity index (χ3v) is 3.77. The molecule has 2 N–H and O–H groups in total. The van der Waals surface area contributed by atoms with Crippen molar-refractivity contribution in [1.29, 1.82) is 0 Å². The van der Waals surface area contributed by atoms with E-state index in [0.29, 0.717) is 23.3 Å². The Kier molecular flexibility index (Phi) is 7.02. The Labute approximate surface area is 124 Å². The van der Waals surface area contributed by atoms with E-state index in [1.807, 2.05) is 20.1 Å². The lowest BCUT2D eigenvalue weighted by Crippen LogP contribution is -2.39. The fourth-order valence-corrected chi connectivity index (χ4v) is 2.48. The maximum absolute atomic E-state index is 13.6. The number of aliphatic hydroxyl groups is 1. The second-order valence-corrected chi connectivity index (χ2v) is 5.94. The molecular weight excluding hydrogens is 277 g/mol. The first-order chi connectivity index (χ1) is 9.49. The molecule has 1 amide bonds. The van der Waals surface area contributed by atoms with E-state index in [-0.39, 0.29) is 30.3 Å². The van der Waals surface area contributed by atoms with Crippen LogP contribution in [0.15, 0.2) is 18.2 Å². The molecule has 0 fully saturated rings. The average molecular weight is 299 g/mol. The van der Waals surface area contributed by atoms with E-state index in [0.717, 1.165) is 0 Å². The summed E-state index contributed by atoms with van der Waals surface area (Å²) < 4.78 is 13.6. The van der Waals surface area contributed by atoms with E-state index >= 15 is 0 Å². The summed E-state index contributed by atoms with van der Waals surface area (Å²) in [6, 6.07) is 4.33. The van der Waals surface area contributed by atoms with Gasteiger partial charge in [-0.05, 0) is 42.4 Å². The first-order valence-corrected chi connectivity index (χ1v) is 8.08. The van der Waals surface area contributed by atoms with Gasteiger partial charge in [0.05, 0.1) is 0 Å². The number of hydrogen-bond donors (Lipinski definition) is 2. The van der Waals surface area contributed by atoms with Gasteiger partial charge < -0.3 is 10.4 Å². The molecule has 0 aliphatic rings. The van der Waals surface area contributed by atoms with Crippen molar-refractivity contribution < 1.29 is 14.3 Å². The van der Waals surface area contributed by atoms with Crippen LogP contribution in [0.5, 0.6) is 0 Å². The van der Waals surface area contributed by atoms with Crippen LogP contribution in [0.3, 0.4) is 0 Å². The molecule has 0 bridgehead atoms. The number of nitrogens with one attached hydrogen (secondary N) is 1. The molecule has 0 aromatic heterocycles. The summed E-state index contributed by atoms with van der Waals surface area (Å²) in [6.45, 7) is 4.01. The molecule has 1 aromatic rings. The zero-order chi connectivity index (χ0) is 15.1. The van der Waals surface area contributed by atoms with Gasteiger partial charge in [0.15, 0.2) is 0 Å². The van der Waals surface area contributed by atoms with Gasteiger partial charge in [0, 0.05) is 24.0 Å². The van der Waals surface area contributed by atoms with Crippen LogP contribution in [0.1, 0.15) is 36.2 Å². The summed E-state index contributed by atoms with van der Waals surface area (Å²) in [4.78, 5) is 12.2. The van der Waals surface area contributed by atoms with E-state index in [9.17, 15) is 9.18 Å². The number of halogens is 1. The van der Waals surface area contributed by atoms with Gasteiger partial charge in [0.1, 0.15) is 5.82 Å². The molecule has 1 unspecified atom stereocenters. The van der Waals surface area contributed by atoms with Gasteiger partial charge in [-0.25, -0.2) is 4.39 Å². The maximum atomic E-state index is 13.6. The van der Waals surface area contributed by atoms with Crippen LogP contribution in [0, 0.1) is 11.7 Å². The molecule has 0 radical (unpaired) electrons. The Balaban J connectivity index is 2.83. The fourth-order valence-electron chi connectivity index (χ4n) is 1.95. The van der Waals surface area contributed by atoms with Crippen LogP contribution in [0.2, 0.25) is 0 Å². The third kappa shape index (κ3) is 4.80. The monoisotopic (exact) mass is 299 g/mol. The molecule has 0 heterocycles. The zero-order valence-corrected chi connectivity index (χ0v) is 13.0. The smallest absolute Gasteiger partial charge is 0.251 e. The minimum atomic E-state index is -0.285. The first kappa shape index (κ1) is 17.0. The van der Waals surface area contributed by atoms with E-state index in [4.69, 9.17) is 5.11 Å². The van der Waals surface area contributed by atoms with Crippen molar-refractivity contribution in [2.75, 3.05) is 12.9 Å². The molecule has 1 atom stereocenters. The Bertz CT molecular complexity index is 451. The van der Waals surface area contributed by atoms with Crippen LogP contribution in [-0.4, -0.2) is 29.9 Å². The van der Waals surface area contributed by atoms with Crippen LogP contribution in [-0.2, 0) is 5.75 Å². The number of carbonyl (C=O) groups is 1. The summed E-state index contributed by atoms with van der Waals surface area (Å²) in [5, 5.41) is 11.9. The standard InChI is InChI=1S/C15H22FNO2S/c1-10(2)14(6-7-18)17-15(19)11-4-5-13(16)12(8-11)9-20-3/h4-5,8,10,14,18H,6-7,9H2,1-3H3,(H,17,19). The van der Waals surface area contributed by atoms with Crippen LogP contribution in [0.4, 0.5) is 4.39 Å². The minimum Gasteiger partial charge on any atom is -0.396 e. The van der Waals surface area contributed by atoms with E-state index in [1.165, 1.54) is 23.9 Å². The van der Waals surface area contributed by atoms with Crippen molar-refractivity contribution in [3.05, 3.63) is 35.1 Å². The lowest BCUT2D eigenvalue weighted by Gasteiger charge is -2.21. The Morgan fingerprint density at radius 2 is 2.15 bits per heavy atom. The van der Waals surface area contributed by atoms with Crippen LogP contribution in [0.25, 0.3) is 0 Å². The molecule has 0 aliphatic carbocycles. The highest BCUT2D eigenvalue weighted by Gasteiger charge is 2.17. The number of rotatable bonds is 7. The molecule has 0 saturated carbocycles. The maximum Gasteiger partial charge on any atom is 0.251 e. The highest BCUT2D eigenvalue weighted by molar-refractivity contribution is 7.97. The van der Waals surface area contributed by atoms with Crippen molar-refractivity contribution >= 4 is 17.7 Å². The summed E-state index contributed by atoms with van der Waals surface area (Å²) in [6.07, 6.45) is 2.41. The lowest BCUT2D eigenvalue weighted by molar-refractivity contribution is 0.0916. The molecule has 20 heavy (non-hydrogen) atoms. The molecule has 1 rings (SSSR count). The Morgan fingerprint density at radius 1 is 1.45 bits per heavy atom. The Morgan fingerprint density at radius 3 is 2.70 bits per heavy atom. The molecule has 0 aliphatic heterocycles. The summed E-state index contributed by atoms with van der Waals surface area (Å²) in [7, 11) is 0. The van der Waals surface area contributed by atoms with E-state index in [1.54, 1.807) is 6.07 Å². The SMILES string of the molecule is CSCc1cc(C(=O)NC(CCO)C(C)C)ccc1F. The molecule has 3 nitrogen and oxygen atoms in total. The number of amides is 1. The fraction of sp³-hybridized carbons (Fsp3) is 0.533. The minimum absolute atomic E-state index is 0.0320. The molecule has 0 saturated heterocycles.